The maximum atomic E-state index is 2.43. The Kier molecular flexibility index (Phi) is 32.0. The quantitative estimate of drug-likeness (QED) is 0.0786. The van der Waals surface area contributed by atoms with E-state index in [2.05, 4.69) is 86.8 Å². The van der Waals surface area contributed by atoms with Crippen LogP contribution < -0.4 is 0 Å². The molecule has 0 rings (SSSR count). The number of hydrogen-bond donors (Lipinski definition) is 0. The Morgan fingerprint density at radius 1 is 0.278 bits per heavy atom. The van der Waals surface area contributed by atoms with Gasteiger partial charge in [-0.3, -0.25) is 0 Å². The lowest BCUT2D eigenvalue weighted by Gasteiger charge is -1.99. The van der Waals surface area contributed by atoms with Crippen LogP contribution in [0.15, 0.2) is 72.9 Å². The first-order chi connectivity index (χ1) is 17.9. The lowest BCUT2D eigenvalue weighted by Crippen LogP contribution is -1.79. The van der Waals surface area contributed by atoms with E-state index < -0.39 is 0 Å². The number of unbranched alkanes of at least 4 members (excludes halogenated alkanes) is 15. The first-order valence-corrected chi connectivity index (χ1v) is 15.8. The molecule has 0 radical (unpaired) electrons. The van der Waals surface area contributed by atoms with E-state index in [4.69, 9.17) is 0 Å². The highest BCUT2D eigenvalue weighted by Crippen LogP contribution is 2.11. The predicted molar refractivity (Wildman–Crippen MR) is 168 cm³/mol. The van der Waals surface area contributed by atoms with Crippen molar-refractivity contribution in [1.82, 2.24) is 0 Å². The molecule has 0 amide bonds. The summed E-state index contributed by atoms with van der Waals surface area (Å²) in [6, 6.07) is 0. The second-order valence-corrected chi connectivity index (χ2v) is 10.1. The van der Waals surface area contributed by atoms with Crippen molar-refractivity contribution in [2.75, 3.05) is 0 Å². The molecule has 0 saturated carbocycles. The fourth-order valence-corrected chi connectivity index (χ4v) is 4.19. The lowest BCUT2D eigenvalue weighted by atomic mass is 10.1. The van der Waals surface area contributed by atoms with Crippen LogP contribution in [-0.4, -0.2) is 0 Å². The van der Waals surface area contributed by atoms with Gasteiger partial charge < -0.3 is 0 Å². The zero-order chi connectivity index (χ0) is 26.0. The Morgan fingerprint density at radius 2 is 0.556 bits per heavy atom. The van der Waals surface area contributed by atoms with Crippen LogP contribution in [0.3, 0.4) is 0 Å². The van der Waals surface area contributed by atoms with Crippen molar-refractivity contribution < 1.29 is 0 Å². The van der Waals surface area contributed by atoms with Crippen molar-refractivity contribution >= 4 is 0 Å². The molecule has 206 valence electrons. The van der Waals surface area contributed by atoms with Crippen LogP contribution in [-0.2, 0) is 0 Å². The third-order valence-corrected chi connectivity index (χ3v) is 6.51. The van der Waals surface area contributed by atoms with Crippen LogP contribution in [0.25, 0.3) is 0 Å². The molecule has 0 aromatic rings. The second kappa shape index (κ2) is 33.4. The highest BCUT2D eigenvalue weighted by atomic mass is 14.0. The number of rotatable bonds is 27. The van der Waals surface area contributed by atoms with E-state index in [0.717, 1.165) is 25.7 Å². The summed E-state index contributed by atoms with van der Waals surface area (Å²) in [6.45, 7) is 4.45. The zero-order valence-corrected chi connectivity index (χ0v) is 24.5. The molecule has 0 spiro atoms. The lowest BCUT2D eigenvalue weighted by molar-refractivity contribution is 0.616. The predicted octanol–water partition coefficient (Wildman–Crippen LogP) is 12.9. The molecule has 0 bridgehead atoms. The molecule has 0 aliphatic carbocycles. The Labute approximate surface area is 227 Å². The first-order valence-electron chi connectivity index (χ1n) is 15.8. The minimum atomic E-state index is 1.08. The zero-order valence-electron chi connectivity index (χ0n) is 24.5. The molecule has 0 aliphatic heterocycles. The van der Waals surface area contributed by atoms with Crippen LogP contribution >= 0.6 is 0 Å². The van der Waals surface area contributed by atoms with Gasteiger partial charge in [0.05, 0.1) is 0 Å². The van der Waals surface area contributed by atoms with Crippen molar-refractivity contribution in [2.24, 2.45) is 0 Å². The Balaban J connectivity index is 3.26. The Morgan fingerprint density at radius 3 is 0.917 bits per heavy atom. The summed E-state index contributed by atoms with van der Waals surface area (Å²) < 4.78 is 0. The number of allylic oxidation sites excluding steroid dienone is 12. The average Bonchev–Trinajstić information content (AvgIpc) is 2.89. The molecule has 0 nitrogen and oxygen atoms in total. The Hall–Kier alpha value is -1.56. The van der Waals surface area contributed by atoms with Crippen LogP contribution in [0, 0.1) is 0 Å². The largest absolute Gasteiger partial charge is 0.0885 e. The van der Waals surface area contributed by atoms with Crippen molar-refractivity contribution in [1.29, 1.82) is 0 Å². The van der Waals surface area contributed by atoms with E-state index in [9.17, 15) is 0 Å². The molecule has 0 heterocycles. The molecular formula is C36H62. The third-order valence-electron chi connectivity index (χ3n) is 6.51. The Bertz CT molecular complexity index is 569. The van der Waals surface area contributed by atoms with Gasteiger partial charge in [0.2, 0.25) is 0 Å². The SMILES string of the molecule is CCC=CCC=CCC=CCCCCCCC/C=C/CCCCCCCC=CCC=CCCCCC. The van der Waals surface area contributed by atoms with Crippen molar-refractivity contribution in [3.8, 4) is 0 Å². The van der Waals surface area contributed by atoms with E-state index in [1.54, 1.807) is 0 Å². The van der Waals surface area contributed by atoms with Gasteiger partial charge in [-0.05, 0) is 89.9 Å². The second-order valence-electron chi connectivity index (χ2n) is 10.1. The van der Waals surface area contributed by atoms with Crippen molar-refractivity contribution in [2.45, 2.75) is 155 Å². The first kappa shape index (κ1) is 34.4. The smallest absolute Gasteiger partial charge is 0.0169 e. The molecule has 0 atom stereocenters. The molecule has 0 N–H and O–H groups in total. The van der Waals surface area contributed by atoms with Gasteiger partial charge in [-0.2, -0.15) is 0 Å². The van der Waals surface area contributed by atoms with Gasteiger partial charge in [0.25, 0.3) is 0 Å². The molecule has 0 heteroatoms. The van der Waals surface area contributed by atoms with Gasteiger partial charge in [0, 0.05) is 0 Å². The summed E-state index contributed by atoms with van der Waals surface area (Å²) in [5.41, 5.74) is 0. The molecular weight excluding hydrogens is 432 g/mol. The normalized spacial score (nSPS) is 12.8. The summed E-state index contributed by atoms with van der Waals surface area (Å²) in [5.74, 6) is 0. The summed E-state index contributed by atoms with van der Waals surface area (Å²) >= 11 is 0. The molecule has 0 aromatic heterocycles. The molecule has 0 aliphatic rings. The fraction of sp³-hybridized carbons (Fsp3) is 0.667. The van der Waals surface area contributed by atoms with Gasteiger partial charge in [0.1, 0.15) is 0 Å². The van der Waals surface area contributed by atoms with E-state index in [1.807, 2.05) is 0 Å². The molecule has 0 aromatic carbocycles. The standard InChI is InChI=1S/C36H62/c1-3-5-7-9-11-13-15-17-19-21-23-25-27-29-31-33-35-36-34-32-30-28-26-24-22-20-18-16-14-12-10-8-6-4-2/h5,7,11-14,17-20,35-36H,3-4,6,8-10,15-16,21-34H2,1-2H3/b7-5?,13-11?,14-12?,19-17?,20-18?,36-35+. The van der Waals surface area contributed by atoms with Crippen molar-refractivity contribution in [3.63, 3.8) is 0 Å². The maximum Gasteiger partial charge on any atom is -0.0169 e. The average molecular weight is 495 g/mol. The minimum Gasteiger partial charge on any atom is -0.0885 e. The van der Waals surface area contributed by atoms with Crippen LogP contribution in [0.5, 0.6) is 0 Å². The summed E-state index contributed by atoms with van der Waals surface area (Å²) in [6.07, 6.45) is 56.6. The molecule has 0 saturated heterocycles. The van der Waals surface area contributed by atoms with E-state index in [-0.39, 0.29) is 0 Å². The van der Waals surface area contributed by atoms with E-state index in [1.165, 1.54) is 116 Å². The fourth-order valence-electron chi connectivity index (χ4n) is 4.19. The third kappa shape index (κ3) is 32.4. The molecule has 0 fully saturated rings. The molecule has 36 heavy (non-hydrogen) atoms. The van der Waals surface area contributed by atoms with Crippen LogP contribution in [0.2, 0.25) is 0 Å². The van der Waals surface area contributed by atoms with Crippen LogP contribution in [0.4, 0.5) is 0 Å². The van der Waals surface area contributed by atoms with Gasteiger partial charge >= 0.3 is 0 Å². The van der Waals surface area contributed by atoms with Gasteiger partial charge in [-0.1, -0.05) is 138 Å². The number of hydrogen-bond acceptors (Lipinski definition) is 0. The topological polar surface area (TPSA) is 0 Å². The molecule has 0 unspecified atom stereocenters. The minimum absolute atomic E-state index is 1.08. The van der Waals surface area contributed by atoms with Crippen molar-refractivity contribution in [3.05, 3.63) is 72.9 Å². The summed E-state index contributed by atoms with van der Waals surface area (Å²) in [7, 11) is 0. The highest BCUT2D eigenvalue weighted by Gasteiger charge is 1.91. The monoisotopic (exact) mass is 494 g/mol. The highest BCUT2D eigenvalue weighted by molar-refractivity contribution is 4.97. The summed E-state index contributed by atoms with van der Waals surface area (Å²) in [5, 5.41) is 0. The van der Waals surface area contributed by atoms with Gasteiger partial charge in [-0.15, -0.1) is 0 Å². The van der Waals surface area contributed by atoms with Gasteiger partial charge in [-0.25, -0.2) is 0 Å². The van der Waals surface area contributed by atoms with Crippen LogP contribution in [0.1, 0.15) is 155 Å². The summed E-state index contributed by atoms with van der Waals surface area (Å²) in [4.78, 5) is 0. The maximum absolute atomic E-state index is 2.43. The van der Waals surface area contributed by atoms with E-state index >= 15 is 0 Å². The van der Waals surface area contributed by atoms with Gasteiger partial charge in [0.15, 0.2) is 0 Å². The van der Waals surface area contributed by atoms with E-state index in [0.29, 0.717) is 0 Å².